The molecule has 1 rings (SSSR count). The van der Waals surface area contributed by atoms with Crippen molar-refractivity contribution in [1.82, 2.24) is 10.6 Å². The zero-order valence-electron chi connectivity index (χ0n) is 10.0. The van der Waals surface area contributed by atoms with Gasteiger partial charge in [-0.3, -0.25) is 0 Å². The number of rotatable bonds is 5. The minimum atomic E-state index is -1.16. The maximum Gasteiger partial charge on any atom is 0.327 e. The average molecular weight is 325 g/mol. The SMILES string of the molecule is C#CCC(NC(=O)NCc1ccc(Br)cc1)C(=O)O. The second-order valence-corrected chi connectivity index (χ2v) is 4.67. The summed E-state index contributed by atoms with van der Waals surface area (Å²) in [4.78, 5) is 22.3. The fourth-order valence-corrected chi connectivity index (χ4v) is 1.58. The minimum absolute atomic E-state index is 0.0545. The van der Waals surface area contributed by atoms with E-state index in [1.54, 1.807) is 0 Å². The van der Waals surface area contributed by atoms with Crippen LogP contribution in [0.15, 0.2) is 28.7 Å². The van der Waals surface area contributed by atoms with E-state index in [0.29, 0.717) is 6.54 Å². The first-order chi connectivity index (χ1) is 9.02. The van der Waals surface area contributed by atoms with Gasteiger partial charge in [0.05, 0.1) is 0 Å². The molecule has 2 amide bonds. The van der Waals surface area contributed by atoms with Crippen LogP contribution in [0.1, 0.15) is 12.0 Å². The second kappa shape index (κ2) is 7.44. The zero-order valence-corrected chi connectivity index (χ0v) is 11.6. The van der Waals surface area contributed by atoms with Crippen LogP contribution < -0.4 is 10.6 Å². The Kier molecular flexibility index (Phi) is 5.90. The fourth-order valence-electron chi connectivity index (χ4n) is 1.31. The highest BCUT2D eigenvalue weighted by Crippen LogP contribution is 2.10. The van der Waals surface area contributed by atoms with Crippen molar-refractivity contribution in [2.45, 2.75) is 19.0 Å². The number of halogens is 1. The van der Waals surface area contributed by atoms with Gasteiger partial charge < -0.3 is 15.7 Å². The van der Waals surface area contributed by atoms with Crippen LogP contribution >= 0.6 is 15.9 Å². The second-order valence-electron chi connectivity index (χ2n) is 3.75. The molecular formula is C13H13BrN2O3. The van der Waals surface area contributed by atoms with Crippen molar-refractivity contribution >= 4 is 27.9 Å². The van der Waals surface area contributed by atoms with E-state index in [1.807, 2.05) is 24.3 Å². The van der Waals surface area contributed by atoms with Crippen molar-refractivity contribution in [3.8, 4) is 12.3 Å². The Labute approximate surface area is 119 Å². The van der Waals surface area contributed by atoms with Gasteiger partial charge >= 0.3 is 12.0 Å². The molecule has 0 fully saturated rings. The monoisotopic (exact) mass is 324 g/mol. The lowest BCUT2D eigenvalue weighted by Crippen LogP contribution is -2.45. The summed E-state index contributed by atoms with van der Waals surface area (Å²) in [5, 5.41) is 13.7. The molecule has 0 aliphatic carbocycles. The fraction of sp³-hybridized carbons (Fsp3) is 0.231. The minimum Gasteiger partial charge on any atom is -0.480 e. The smallest absolute Gasteiger partial charge is 0.327 e. The molecule has 0 aromatic heterocycles. The van der Waals surface area contributed by atoms with Crippen LogP contribution in [0.2, 0.25) is 0 Å². The molecule has 1 aromatic rings. The Morgan fingerprint density at radius 2 is 2.00 bits per heavy atom. The largest absolute Gasteiger partial charge is 0.480 e. The first-order valence-electron chi connectivity index (χ1n) is 5.48. The molecule has 1 atom stereocenters. The molecule has 0 heterocycles. The van der Waals surface area contributed by atoms with Gasteiger partial charge in [-0.2, -0.15) is 0 Å². The number of urea groups is 1. The zero-order chi connectivity index (χ0) is 14.3. The molecule has 0 saturated carbocycles. The van der Waals surface area contributed by atoms with Gasteiger partial charge in [0.1, 0.15) is 6.04 Å². The summed E-state index contributed by atoms with van der Waals surface area (Å²) in [5.74, 6) is 1.05. The summed E-state index contributed by atoms with van der Waals surface area (Å²) in [6.07, 6.45) is 4.98. The lowest BCUT2D eigenvalue weighted by Gasteiger charge is -2.12. The molecule has 0 aliphatic rings. The first kappa shape index (κ1) is 15.1. The lowest BCUT2D eigenvalue weighted by molar-refractivity contribution is -0.139. The Balaban J connectivity index is 2.45. The number of amides is 2. The molecular weight excluding hydrogens is 312 g/mol. The summed E-state index contributed by atoms with van der Waals surface area (Å²) in [6, 6.07) is 5.77. The highest BCUT2D eigenvalue weighted by molar-refractivity contribution is 9.10. The lowest BCUT2D eigenvalue weighted by atomic mass is 10.2. The predicted octanol–water partition coefficient (Wildman–Crippen LogP) is 1.72. The maximum atomic E-state index is 11.5. The van der Waals surface area contributed by atoms with Gasteiger partial charge in [-0.15, -0.1) is 12.3 Å². The molecule has 1 aromatic carbocycles. The Hall–Kier alpha value is -2.00. The third kappa shape index (κ3) is 5.44. The molecule has 0 saturated heterocycles. The van der Waals surface area contributed by atoms with E-state index < -0.39 is 18.0 Å². The van der Waals surface area contributed by atoms with Crippen LogP contribution in [-0.4, -0.2) is 23.1 Å². The van der Waals surface area contributed by atoms with Crippen LogP contribution in [-0.2, 0) is 11.3 Å². The van der Waals surface area contributed by atoms with Gasteiger partial charge in [-0.25, -0.2) is 9.59 Å². The van der Waals surface area contributed by atoms with E-state index in [-0.39, 0.29) is 6.42 Å². The molecule has 0 spiro atoms. The summed E-state index contributed by atoms with van der Waals surface area (Å²) < 4.78 is 0.945. The third-order valence-electron chi connectivity index (χ3n) is 2.29. The van der Waals surface area contributed by atoms with E-state index in [9.17, 15) is 9.59 Å². The first-order valence-corrected chi connectivity index (χ1v) is 6.27. The van der Waals surface area contributed by atoms with Crippen molar-refractivity contribution in [1.29, 1.82) is 0 Å². The molecule has 6 heteroatoms. The van der Waals surface area contributed by atoms with Gasteiger partial charge in [-0.05, 0) is 17.7 Å². The normalized spacial score (nSPS) is 11.2. The molecule has 3 N–H and O–H groups in total. The summed E-state index contributed by atoms with van der Waals surface area (Å²) >= 11 is 3.31. The Morgan fingerprint density at radius 3 is 2.53 bits per heavy atom. The number of terminal acetylenes is 1. The molecule has 19 heavy (non-hydrogen) atoms. The summed E-state index contributed by atoms with van der Waals surface area (Å²) in [6.45, 7) is 0.307. The van der Waals surface area contributed by atoms with E-state index in [1.165, 1.54) is 0 Å². The van der Waals surface area contributed by atoms with Gasteiger partial charge in [0, 0.05) is 17.4 Å². The number of carboxylic acids is 1. The standard InChI is InChI=1S/C13H13BrN2O3/c1-2-3-11(12(17)18)16-13(19)15-8-9-4-6-10(14)7-5-9/h1,4-7,11H,3,8H2,(H,17,18)(H2,15,16,19). The highest BCUT2D eigenvalue weighted by atomic mass is 79.9. The van der Waals surface area contributed by atoms with Crippen LogP contribution in [0.25, 0.3) is 0 Å². The van der Waals surface area contributed by atoms with Crippen molar-refractivity contribution in [3.05, 3.63) is 34.3 Å². The maximum absolute atomic E-state index is 11.5. The molecule has 0 bridgehead atoms. The number of aliphatic carboxylic acids is 1. The molecule has 1 unspecified atom stereocenters. The Bertz CT molecular complexity index is 494. The number of benzene rings is 1. The molecule has 100 valence electrons. The number of carbonyl (C=O) groups excluding carboxylic acids is 1. The molecule has 0 radical (unpaired) electrons. The number of carboxylic acid groups (broad SMARTS) is 1. The van der Waals surface area contributed by atoms with Gasteiger partial charge in [0.15, 0.2) is 0 Å². The summed E-state index contributed by atoms with van der Waals surface area (Å²) in [7, 11) is 0. The van der Waals surface area contributed by atoms with Crippen LogP contribution in [0, 0.1) is 12.3 Å². The van der Waals surface area contributed by atoms with Crippen molar-refractivity contribution < 1.29 is 14.7 Å². The van der Waals surface area contributed by atoms with Crippen LogP contribution in [0.5, 0.6) is 0 Å². The van der Waals surface area contributed by atoms with Crippen LogP contribution in [0.4, 0.5) is 4.79 Å². The number of carbonyl (C=O) groups is 2. The van der Waals surface area contributed by atoms with Crippen molar-refractivity contribution in [2.24, 2.45) is 0 Å². The van der Waals surface area contributed by atoms with E-state index in [0.717, 1.165) is 10.0 Å². The highest BCUT2D eigenvalue weighted by Gasteiger charge is 2.18. The van der Waals surface area contributed by atoms with E-state index in [4.69, 9.17) is 11.5 Å². The topological polar surface area (TPSA) is 78.4 Å². The van der Waals surface area contributed by atoms with Gasteiger partial charge in [-0.1, -0.05) is 28.1 Å². The average Bonchev–Trinajstić information content (AvgIpc) is 2.37. The van der Waals surface area contributed by atoms with Crippen LogP contribution in [0.3, 0.4) is 0 Å². The Morgan fingerprint density at radius 1 is 1.37 bits per heavy atom. The number of hydrogen-bond donors (Lipinski definition) is 3. The van der Waals surface area contributed by atoms with Gasteiger partial charge in [0.2, 0.25) is 0 Å². The number of nitrogens with one attached hydrogen (secondary N) is 2. The molecule has 5 nitrogen and oxygen atoms in total. The quantitative estimate of drug-likeness (QED) is 0.722. The van der Waals surface area contributed by atoms with E-state index >= 15 is 0 Å². The third-order valence-corrected chi connectivity index (χ3v) is 2.82. The summed E-state index contributed by atoms with van der Waals surface area (Å²) in [5.41, 5.74) is 0.905. The molecule has 0 aliphatic heterocycles. The van der Waals surface area contributed by atoms with Gasteiger partial charge in [0.25, 0.3) is 0 Å². The van der Waals surface area contributed by atoms with Crippen molar-refractivity contribution in [2.75, 3.05) is 0 Å². The number of hydrogen-bond acceptors (Lipinski definition) is 2. The van der Waals surface area contributed by atoms with Crippen molar-refractivity contribution in [3.63, 3.8) is 0 Å². The van der Waals surface area contributed by atoms with E-state index in [2.05, 4.69) is 32.5 Å². The predicted molar refractivity (Wildman–Crippen MR) is 74.4 cm³/mol.